The first kappa shape index (κ1) is 15.5. The summed E-state index contributed by atoms with van der Waals surface area (Å²) in [5.74, 6) is -0.735. The Balaban J connectivity index is 2.10. The molecule has 0 unspecified atom stereocenters. The Kier molecular flexibility index (Phi) is 4.94. The zero-order valence-electron chi connectivity index (χ0n) is 11.0. The third-order valence-corrected chi connectivity index (χ3v) is 3.51. The molecule has 0 bridgehead atoms. The van der Waals surface area contributed by atoms with Crippen molar-refractivity contribution in [2.75, 3.05) is 0 Å². The zero-order valence-corrected chi connectivity index (χ0v) is 12.5. The molecular formula is C15H11Cl2FN2O. The standard InChI is InChI=1S/C15H11Cl2FN2O/c1-9(10-2-5-12(18)6-3-10)19-20-15(21)11-4-7-13(16)14(17)8-11/h2-8H,1H3,(H,20,21)/b19-9+. The maximum atomic E-state index is 12.8. The lowest BCUT2D eigenvalue weighted by Crippen LogP contribution is -2.19. The number of hydrogen-bond donors (Lipinski definition) is 1. The second-order valence-corrected chi connectivity index (χ2v) is 5.09. The molecule has 108 valence electrons. The number of hydrazone groups is 1. The number of benzene rings is 2. The number of nitrogens with zero attached hydrogens (tertiary/aromatic N) is 1. The van der Waals surface area contributed by atoms with E-state index in [1.165, 1.54) is 24.3 Å². The summed E-state index contributed by atoms with van der Waals surface area (Å²) in [5, 5.41) is 4.64. The van der Waals surface area contributed by atoms with Gasteiger partial charge in [0.05, 0.1) is 15.8 Å². The highest BCUT2D eigenvalue weighted by atomic mass is 35.5. The van der Waals surface area contributed by atoms with Crippen LogP contribution in [0.1, 0.15) is 22.8 Å². The Bertz CT molecular complexity index is 699. The molecule has 2 rings (SSSR count). The van der Waals surface area contributed by atoms with Crippen molar-refractivity contribution in [3.63, 3.8) is 0 Å². The summed E-state index contributed by atoms with van der Waals surface area (Å²) in [6.07, 6.45) is 0. The molecule has 0 aliphatic heterocycles. The number of rotatable bonds is 3. The highest BCUT2D eigenvalue weighted by Crippen LogP contribution is 2.22. The van der Waals surface area contributed by atoms with Crippen LogP contribution in [0.2, 0.25) is 10.0 Å². The molecule has 6 heteroatoms. The van der Waals surface area contributed by atoms with Crippen LogP contribution < -0.4 is 5.43 Å². The van der Waals surface area contributed by atoms with E-state index in [4.69, 9.17) is 23.2 Å². The van der Waals surface area contributed by atoms with Gasteiger partial charge in [0.1, 0.15) is 5.82 Å². The van der Waals surface area contributed by atoms with Gasteiger partial charge in [-0.1, -0.05) is 35.3 Å². The molecule has 0 radical (unpaired) electrons. The number of amides is 1. The summed E-state index contributed by atoms with van der Waals surface area (Å²) in [5.41, 5.74) is 4.03. The van der Waals surface area contributed by atoms with Crippen LogP contribution in [0.4, 0.5) is 4.39 Å². The van der Waals surface area contributed by atoms with Gasteiger partial charge < -0.3 is 0 Å². The van der Waals surface area contributed by atoms with Crippen molar-refractivity contribution in [2.24, 2.45) is 5.10 Å². The topological polar surface area (TPSA) is 41.5 Å². The fourth-order valence-electron chi connectivity index (χ4n) is 1.59. The number of carbonyl (C=O) groups is 1. The quantitative estimate of drug-likeness (QED) is 0.664. The van der Waals surface area contributed by atoms with E-state index < -0.39 is 5.91 Å². The minimum atomic E-state index is -0.407. The summed E-state index contributed by atoms with van der Waals surface area (Å²) in [7, 11) is 0. The van der Waals surface area contributed by atoms with Crippen molar-refractivity contribution in [1.82, 2.24) is 5.43 Å². The maximum Gasteiger partial charge on any atom is 0.271 e. The van der Waals surface area contributed by atoms with Gasteiger partial charge in [-0.05, 0) is 42.8 Å². The zero-order chi connectivity index (χ0) is 15.4. The summed E-state index contributed by atoms with van der Waals surface area (Å²) in [6.45, 7) is 1.71. The smallest absolute Gasteiger partial charge is 0.267 e. The van der Waals surface area contributed by atoms with E-state index in [9.17, 15) is 9.18 Å². The van der Waals surface area contributed by atoms with Gasteiger partial charge in [-0.25, -0.2) is 9.82 Å². The van der Waals surface area contributed by atoms with Crippen LogP contribution in [-0.2, 0) is 0 Å². The highest BCUT2D eigenvalue weighted by Gasteiger charge is 2.07. The lowest BCUT2D eigenvalue weighted by atomic mass is 10.1. The van der Waals surface area contributed by atoms with Gasteiger partial charge in [-0.2, -0.15) is 5.10 Å². The fourth-order valence-corrected chi connectivity index (χ4v) is 1.89. The van der Waals surface area contributed by atoms with Crippen LogP contribution in [0.5, 0.6) is 0 Å². The molecular weight excluding hydrogens is 314 g/mol. The van der Waals surface area contributed by atoms with Crippen molar-refractivity contribution < 1.29 is 9.18 Å². The highest BCUT2D eigenvalue weighted by molar-refractivity contribution is 6.42. The first-order chi connectivity index (χ1) is 9.97. The molecule has 0 saturated heterocycles. The van der Waals surface area contributed by atoms with Crippen LogP contribution in [0.25, 0.3) is 0 Å². The average Bonchev–Trinajstić information content (AvgIpc) is 2.48. The van der Waals surface area contributed by atoms with E-state index >= 15 is 0 Å². The van der Waals surface area contributed by atoms with Gasteiger partial charge in [0.15, 0.2) is 0 Å². The minimum absolute atomic E-state index is 0.295. The summed E-state index contributed by atoms with van der Waals surface area (Å²) in [4.78, 5) is 11.9. The number of halogens is 3. The Morgan fingerprint density at radius 2 is 1.67 bits per heavy atom. The molecule has 0 heterocycles. The Morgan fingerprint density at radius 1 is 1.05 bits per heavy atom. The second kappa shape index (κ2) is 6.70. The van der Waals surface area contributed by atoms with Crippen LogP contribution in [0, 0.1) is 5.82 Å². The predicted octanol–water partition coefficient (Wildman–Crippen LogP) is 4.29. The van der Waals surface area contributed by atoms with Crippen LogP contribution >= 0.6 is 23.2 Å². The molecule has 2 aromatic carbocycles. The van der Waals surface area contributed by atoms with Crippen molar-refractivity contribution in [3.8, 4) is 0 Å². The minimum Gasteiger partial charge on any atom is -0.267 e. The Morgan fingerprint density at radius 3 is 2.29 bits per heavy atom. The molecule has 21 heavy (non-hydrogen) atoms. The van der Waals surface area contributed by atoms with E-state index in [2.05, 4.69) is 10.5 Å². The summed E-state index contributed by atoms with van der Waals surface area (Å²) < 4.78 is 12.8. The number of carbonyl (C=O) groups excluding carboxylic acids is 1. The van der Waals surface area contributed by atoms with Gasteiger partial charge in [0, 0.05) is 5.56 Å². The molecule has 0 atom stereocenters. The van der Waals surface area contributed by atoms with Crippen molar-refractivity contribution in [1.29, 1.82) is 0 Å². The second-order valence-electron chi connectivity index (χ2n) is 4.27. The fraction of sp³-hybridized carbons (Fsp3) is 0.0667. The van der Waals surface area contributed by atoms with Gasteiger partial charge >= 0.3 is 0 Å². The Hall–Kier alpha value is -1.91. The van der Waals surface area contributed by atoms with Crippen molar-refractivity contribution in [3.05, 3.63) is 69.5 Å². The number of nitrogens with one attached hydrogen (secondary N) is 1. The molecule has 2 aromatic rings. The van der Waals surface area contributed by atoms with E-state index in [1.54, 1.807) is 25.1 Å². The van der Waals surface area contributed by atoms with Gasteiger partial charge in [-0.3, -0.25) is 4.79 Å². The maximum absolute atomic E-state index is 12.8. The molecule has 3 nitrogen and oxygen atoms in total. The molecule has 0 aliphatic rings. The largest absolute Gasteiger partial charge is 0.271 e. The average molecular weight is 325 g/mol. The number of hydrogen-bond acceptors (Lipinski definition) is 2. The molecule has 0 fully saturated rings. The lowest BCUT2D eigenvalue weighted by molar-refractivity contribution is 0.0955. The first-order valence-electron chi connectivity index (χ1n) is 6.03. The Labute approximate surface area is 131 Å². The van der Waals surface area contributed by atoms with Crippen molar-refractivity contribution in [2.45, 2.75) is 6.92 Å². The third-order valence-electron chi connectivity index (χ3n) is 2.77. The molecule has 0 spiro atoms. The van der Waals surface area contributed by atoms with Crippen LogP contribution in [0.15, 0.2) is 47.6 Å². The van der Waals surface area contributed by atoms with E-state index in [1.807, 2.05) is 0 Å². The lowest BCUT2D eigenvalue weighted by Gasteiger charge is -2.04. The normalized spacial score (nSPS) is 11.3. The molecule has 0 aromatic heterocycles. The van der Waals surface area contributed by atoms with Crippen LogP contribution in [0.3, 0.4) is 0 Å². The summed E-state index contributed by atoms with van der Waals surface area (Å²) in [6, 6.07) is 10.4. The monoisotopic (exact) mass is 324 g/mol. The molecule has 1 N–H and O–H groups in total. The van der Waals surface area contributed by atoms with Gasteiger partial charge in [0.2, 0.25) is 0 Å². The third kappa shape index (κ3) is 4.03. The molecule has 0 aliphatic carbocycles. The van der Waals surface area contributed by atoms with E-state index in [0.29, 0.717) is 26.9 Å². The van der Waals surface area contributed by atoms with E-state index in [-0.39, 0.29) is 5.82 Å². The molecule has 1 amide bonds. The van der Waals surface area contributed by atoms with Crippen LogP contribution in [-0.4, -0.2) is 11.6 Å². The van der Waals surface area contributed by atoms with Gasteiger partial charge in [0.25, 0.3) is 5.91 Å². The predicted molar refractivity (Wildman–Crippen MR) is 82.5 cm³/mol. The van der Waals surface area contributed by atoms with E-state index in [0.717, 1.165) is 0 Å². The summed E-state index contributed by atoms with van der Waals surface area (Å²) >= 11 is 11.6. The SMILES string of the molecule is C/C(=N\NC(=O)c1ccc(Cl)c(Cl)c1)c1ccc(F)cc1. The first-order valence-corrected chi connectivity index (χ1v) is 6.78. The molecule has 0 saturated carbocycles. The van der Waals surface area contributed by atoms with Gasteiger partial charge in [-0.15, -0.1) is 0 Å². The van der Waals surface area contributed by atoms with Crippen molar-refractivity contribution >= 4 is 34.8 Å².